The van der Waals surface area contributed by atoms with Gasteiger partial charge in [-0.2, -0.15) is 4.79 Å². The van der Waals surface area contributed by atoms with Crippen molar-refractivity contribution >= 4 is 6.09 Å². The summed E-state index contributed by atoms with van der Waals surface area (Å²) in [4.78, 5) is 12.5. The first-order chi connectivity index (χ1) is 8.74. The van der Waals surface area contributed by atoms with Crippen LogP contribution in [0.25, 0.3) is 0 Å². The van der Waals surface area contributed by atoms with Crippen LogP contribution >= 0.6 is 0 Å². The predicted molar refractivity (Wildman–Crippen MR) is 75.8 cm³/mol. The first-order valence-corrected chi connectivity index (χ1v) is 6.90. The van der Waals surface area contributed by atoms with Crippen LogP contribution in [0.5, 0.6) is 0 Å². The number of fused-ring (bicyclic) bond motifs is 1. The van der Waals surface area contributed by atoms with Crippen molar-refractivity contribution in [1.82, 2.24) is 0 Å². The summed E-state index contributed by atoms with van der Waals surface area (Å²) in [6, 6.07) is 8.53. The number of hydrogen-bond donors (Lipinski definition) is 0. The zero-order valence-corrected chi connectivity index (χ0v) is 12.6. The first kappa shape index (κ1) is 14.1. The van der Waals surface area contributed by atoms with Crippen molar-refractivity contribution in [3.63, 3.8) is 0 Å². The molecule has 3 heteroatoms. The van der Waals surface area contributed by atoms with E-state index in [0.717, 1.165) is 13.0 Å². The second kappa shape index (κ2) is 4.64. The Labute approximate surface area is 115 Å². The minimum Gasteiger partial charge on any atom is -0.414 e. The van der Waals surface area contributed by atoms with Gasteiger partial charge in [0.1, 0.15) is 11.6 Å². The minimum atomic E-state index is -0.435. The van der Waals surface area contributed by atoms with Gasteiger partial charge in [-0.25, -0.2) is 4.48 Å². The Morgan fingerprint density at radius 2 is 1.95 bits per heavy atom. The second-order valence-electron chi connectivity index (χ2n) is 6.60. The van der Waals surface area contributed by atoms with Gasteiger partial charge in [-0.3, -0.25) is 0 Å². The Kier molecular flexibility index (Phi) is 3.43. The number of ether oxygens (including phenoxy) is 1. The Morgan fingerprint density at radius 3 is 2.58 bits per heavy atom. The molecule has 19 heavy (non-hydrogen) atoms. The van der Waals surface area contributed by atoms with Gasteiger partial charge in [0.15, 0.2) is 0 Å². The van der Waals surface area contributed by atoms with E-state index in [9.17, 15) is 4.79 Å². The van der Waals surface area contributed by atoms with Gasteiger partial charge in [0.2, 0.25) is 0 Å². The minimum absolute atomic E-state index is 0.130. The molecule has 1 aromatic rings. The van der Waals surface area contributed by atoms with Crippen molar-refractivity contribution in [2.45, 2.75) is 45.8 Å². The number of nitrogens with zero attached hydrogens (tertiary/aromatic N) is 1. The molecule has 0 saturated heterocycles. The lowest BCUT2D eigenvalue weighted by Crippen LogP contribution is -2.55. The standard InChI is InChI=1S/C16H24NO2/c1-12-14-9-7-6-8-13(14)10-11-17(12,5)15(18)19-16(2,3)4/h6-9,12H,10-11H2,1-5H3/q+1. The molecule has 2 unspecified atom stereocenters. The van der Waals surface area contributed by atoms with Crippen LogP contribution in [0.15, 0.2) is 24.3 Å². The number of hydrogen-bond acceptors (Lipinski definition) is 2. The van der Waals surface area contributed by atoms with E-state index >= 15 is 0 Å². The number of amides is 1. The average Bonchev–Trinajstić information content (AvgIpc) is 2.32. The smallest absolute Gasteiger partial charge is 0.414 e. The largest absolute Gasteiger partial charge is 0.516 e. The molecule has 0 N–H and O–H groups in total. The van der Waals surface area contributed by atoms with Crippen molar-refractivity contribution in [2.24, 2.45) is 0 Å². The summed E-state index contributed by atoms with van der Waals surface area (Å²) in [5, 5.41) is 0. The Hall–Kier alpha value is -1.35. The Morgan fingerprint density at radius 1 is 1.32 bits per heavy atom. The van der Waals surface area contributed by atoms with Gasteiger partial charge in [0, 0.05) is 12.0 Å². The molecule has 0 spiro atoms. The molecular formula is C16H24NO2+. The number of carbonyl (C=O) groups is 1. The molecule has 0 aliphatic carbocycles. The molecule has 1 amide bonds. The molecule has 0 fully saturated rings. The molecule has 0 radical (unpaired) electrons. The third-order valence-corrected chi connectivity index (χ3v) is 4.02. The maximum atomic E-state index is 12.5. The van der Waals surface area contributed by atoms with Crippen LogP contribution in [0.4, 0.5) is 4.79 Å². The third kappa shape index (κ3) is 2.66. The summed E-state index contributed by atoms with van der Waals surface area (Å²) in [6.07, 6.45) is 0.797. The molecule has 2 rings (SSSR count). The number of rotatable bonds is 0. The number of quaternary nitrogens is 1. The molecule has 104 valence electrons. The van der Waals surface area contributed by atoms with E-state index in [4.69, 9.17) is 4.74 Å². The van der Waals surface area contributed by atoms with Crippen molar-refractivity contribution in [3.8, 4) is 0 Å². The number of benzene rings is 1. The van der Waals surface area contributed by atoms with Gasteiger partial charge in [0.25, 0.3) is 0 Å². The van der Waals surface area contributed by atoms with E-state index in [-0.39, 0.29) is 12.1 Å². The second-order valence-corrected chi connectivity index (χ2v) is 6.60. The molecule has 2 atom stereocenters. The lowest BCUT2D eigenvalue weighted by Gasteiger charge is -2.41. The average molecular weight is 262 g/mol. The van der Waals surface area contributed by atoms with Crippen LogP contribution in [0, 0.1) is 0 Å². The summed E-state index contributed by atoms with van der Waals surface area (Å²) >= 11 is 0. The fourth-order valence-electron chi connectivity index (χ4n) is 2.64. The molecule has 0 bridgehead atoms. The predicted octanol–water partition coefficient (Wildman–Crippen LogP) is 3.69. The summed E-state index contributed by atoms with van der Waals surface area (Å²) in [7, 11) is 1.98. The summed E-state index contributed by atoms with van der Waals surface area (Å²) < 4.78 is 5.93. The fraction of sp³-hybridized carbons (Fsp3) is 0.562. The highest BCUT2D eigenvalue weighted by Gasteiger charge is 2.45. The summed E-state index contributed by atoms with van der Waals surface area (Å²) in [6.45, 7) is 8.66. The third-order valence-electron chi connectivity index (χ3n) is 4.02. The van der Waals surface area contributed by atoms with Gasteiger partial charge < -0.3 is 4.74 Å². The van der Waals surface area contributed by atoms with Crippen LogP contribution in [0.1, 0.15) is 44.9 Å². The van der Waals surface area contributed by atoms with E-state index in [1.807, 2.05) is 33.9 Å². The van der Waals surface area contributed by atoms with Gasteiger partial charge in [-0.1, -0.05) is 24.3 Å². The molecule has 1 aliphatic heterocycles. The maximum Gasteiger partial charge on any atom is 0.516 e. The molecule has 0 saturated carbocycles. The Balaban J connectivity index is 2.29. The molecule has 1 aromatic carbocycles. The van der Waals surface area contributed by atoms with Crippen molar-refractivity contribution in [1.29, 1.82) is 0 Å². The highest BCUT2D eigenvalue weighted by atomic mass is 16.6. The van der Waals surface area contributed by atoms with E-state index in [2.05, 4.69) is 25.1 Å². The summed E-state index contributed by atoms with van der Waals surface area (Å²) in [5.41, 5.74) is 2.19. The maximum absolute atomic E-state index is 12.5. The monoisotopic (exact) mass is 262 g/mol. The normalized spacial score (nSPS) is 26.7. The summed E-state index contributed by atoms with van der Waals surface area (Å²) in [5.74, 6) is 0. The quantitative estimate of drug-likeness (QED) is 0.667. The van der Waals surface area contributed by atoms with Gasteiger partial charge in [-0.15, -0.1) is 0 Å². The van der Waals surface area contributed by atoms with Crippen LogP contribution in [-0.2, 0) is 11.2 Å². The molecule has 3 nitrogen and oxygen atoms in total. The van der Waals surface area contributed by atoms with E-state index in [1.165, 1.54) is 11.1 Å². The highest BCUT2D eigenvalue weighted by molar-refractivity contribution is 5.61. The highest BCUT2D eigenvalue weighted by Crippen LogP contribution is 2.35. The lowest BCUT2D eigenvalue weighted by atomic mass is 9.92. The zero-order valence-electron chi connectivity index (χ0n) is 12.6. The van der Waals surface area contributed by atoms with Crippen LogP contribution < -0.4 is 0 Å². The van der Waals surface area contributed by atoms with E-state index < -0.39 is 5.60 Å². The van der Waals surface area contributed by atoms with Gasteiger partial charge in [-0.05, 0) is 33.3 Å². The van der Waals surface area contributed by atoms with Crippen LogP contribution in [0.2, 0.25) is 0 Å². The molecule has 1 heterocycles. The van der Waals surface area contributed by atoms with Crippen molar-refractivity contribution < 1.29 is 14.0 Å². The van der Waals surface area contributed by atoms with E-state index in [1.54, 1.807) is 0 Å². The number of likely N-dealkylation sites (N-methyl/N-ethyl adjacent to an activating group) is 1. The molecule has 1 aliphatic rings. The van der Waals surface area contributed by atoms with Crippen molar-refractivity contribution in [3.05, 3.63) is 35.4 Å². The first-order valence-electron chi connectivity index (χ1n) is 6.90. The molecule has 0 aromatic heterocycles. The SMILES string of the molecule is CC1c2ccccc2CC[N+]1(C)C(=O)OC(C)(C)C. The lowest BCUT2D eigenvalue weighted by molar-refractivity contribution is -0.870. The topological polar surface area (TPSA) is 26.3 Å². The molecular weight excluding hydrogens is 238 g/mol. The van der Waals surface area contributed by atoms with E-state index in [0.29, 0.717) is 4.48 Å². The van der Waals surface area contributed by atoms with Crippen LogP contribution in [-0.4, -0.2) is 29.8 Å². The zero-order chi connectivity index (χ0) is 14.3. The van der Waals surface area contributed by atoms with Crippen molar-refractivity contribution in [2.75, 3.05) is 13.6 Å². The Bertz CT molecular complexity index is 490. The van der Waals surface area contributed by atoms with Crippen LogP contribution in [0.3, 0.4) is 0 Å². The number of carbonyl (C=O) groups excluding carboxylic acids is 1. The van der Waals surface area contributed by atoms with Gasteiger partial charge in [0.05, 0.1) is 13.6 Å². The van der Waals surface area contributed by atoms with Gasteiger partial charge >= 0.3 is 6.09 Å². The fourth-order valence-corrected chi connectivity index (χ4v) is 2.64.